The maximum Gasteiger partial charge on any atom is 0.234 e. The molecular formula is C15H27N3O5. The Hall–Kier alpha value is -1.80. The number of rotatable bonds is 13. The van der Waals surface area contributed by atoms with Gasteiger partial charge in [0.15, 0.2) is 5.78 Å². The van der Waals surface area contributed by atoms with E-state index in [9.17, 15) is 19.2 Å². The van der Waals surface area contributed by atoms with Crippen molar-refractivity contribution in [2.75, 3.05) is 6.61 Å². The lowest BCUT2D eigenvalue weighted by Gasteiger charge is -2.12. The zero-order chi connectivity index (χ0) is 17.8. The molecule has 23 heavy (non-hydrogen) atoms. The minimum absolute atomic E-state index is 0.0364. The van der Waals surface area contributed by atoms with Crippen LogP contribution < -0.4 is 16.8 Å². The van der Waals surface area contributed by atoms with Gasteiger partial charge in [0.25, 0.3) is 0 Å². The monoisotopic (exact) mass is 329 g/mol. The quantitative estimate of drug-likeness (QED) is 0.323. The molecule has 0 heterocycles. The lowest BCUT2D eigenvalue weighted by atomic mass is 10.0. The number of nitrogens with two attached hydrogens (primary N) is 2. The fourth-order valence-corrected chi connectivity index (χ4v) is 1.95. The molecule has 2 atom stereocenters. The Labute approximate surface area is 136 Å². The first-order valence-corrected chi connectivity index (χ1v) is 7.75. The van der Waals surface area contributed by atoms with Crippen molar-refractivity contribution >= 4 is 23.4 Å². The highest BCUT2D eigenvalue weighted by Gasteiger charge is 2.15. The van der Waals surface area contributed by atoms with E-state index in [-0.39, 0.29) is 30.3 Å². The van der Waals surface area contributed by atoms with Crippen molar-refractivity contribution in [3.63, 3.8) is 0 Å². The van der Waals surface area contributed by atoms with E-state index in [0.29, 0.717) is 19.3 Å². The van der Waals surface area contributed by atoms with Crippen molar-refractivity contribution in [2.45, 2.75) is 64.0 Å². The molecule has 0 spiro atoms. The van der Waals surface area contributed by atoms with E-state index < -0.39 is 24.6 Å². The van der Waals surface area contributed by atoms with Gasteiger partial charge >= 0.3 is 0 Å². The SMILES string of the molecule is CC(=O)C(CO)NC(=O)CCCCCCC(=O)CC(N)C(N)=O. The number of hydrogen-bond donors (Lipinski definition) is 4. The fraction of sp³-hybridized carbons (Fsp3) is 0.733. The molecule has 0 bridgehead atoms. The lowest BCUT2D eigenvalue weighted by molar-refractivity contribution is -0.127. The predicted molar refractivity (Wildman–Crippen MR) is 84.2 cm³/mol. The zero-order valence-electron chi connectivity index (χ0n) is 13.5. The Morgan fingerprint density at radius 1 is 1.04 bits per heavy atom. The molecule has 2 amide bonds. The average Bonchev–Trinajstić information content (AvgIpc) is 2.47. The Morgan fingerprint density at radius 3 is 2.09 bits per heavy atom. The molecule has 6 N–H and O–H groups in total. The van der Waals surface area contributed by atoms with Gasteiger partial charge in [0, 0.05) is 19.3 Å². The van der Waals surface area contributed by atoms with Crippen LogP contribution in [0.5, 0.6) is 0 Å². The van der Waals surface area contributed by atoms with Crippen LogP contribution in [0.15, 0.2) is 0 Å². The number of carbonyl (C=O) groups is 4. The first-order chi connectivity index (χ1) is 10.8. The van der Waals surface area contributed by atoms with Gasteiger partial charge in [0.1, 0.15) is 11.8 Å². The van der Waals surface area contributed by atoms with Crippen LogP contribution in [-0.4, -0.2) is 47.2 Å². The largest absolute Gasteiger partial charge is 0.394 e. The number of hydrogen-bond acceptors (Lipinski definition) is 6. The molecule has 0 aromatic rings. The standard InChI is InChI=1S/C15H27N3O5/c1-10(20)13(9-19)18-14(22)7-5-3-2-4-6-11(21)8-12(16)15(17)23/h12-13,19H,2-9,16H2,1H3,(H2,17,23)(H,18,22). The molecule has 0 saturated heterocycles. The molecule has 2 unspecified atom stereocenters. The second-order valence-corrected chi connectivity index (χ2v) is 5.58. The topological polar surface area (TPSA) is 153 Å². The van der Waals surface area contributed by atoms with E-state index in [1.54, 1.807) is 0 Å². The number of unbranched alkanes of at least 4 members (excludes halogenated alkanes) is 3. The number of aliphatic hydroxyl groups is 1. The van der Waals surface area contributed by atoms with Crippen LogP contribution in [0.1, 0.15) is 51.9 Å². The summed E-state index contributed by atoms with van der Waals surface area (Å²) < 4.78 is 0. The Balaban J connectivity index is 3.69. The van der Waals surface area contributed by atoms with Crippen molar-refractivity contribution < 1.29 is 24.3 Å². The summed E-state index contributed by atoms with van der Waals surface area (Å²) in [6.45, 7) is 0.902. The molecule has 0 aromatic carbocycles. The lowest BCUT2D eigenvalue weighted by Crippen LogP contribution is -2.42. The normalized spacial score (nSPS) is 13.2. The number of ketones is 2. The Morgan fingerprint density at radius 2 is 1.61 bits per heavy atom. The van der Waals surface area contributed by atoms with Crippen molar-refractivity contribution in [1.29, 1.82) is 0 Å². The van der Waals surface area contributed by atoms with Gasteiger partial charge in [-0.3, -0.25) is 19.2 Å². The summed E-state index contributed by atoms with van der Waals surface area (Å²) in [5.74, 6) is -1.34. The average molecular weight is 329 g/mol. The van der Waals surface area contributed by atoms with Crippen molar-refractivity contribution in [3.8, 4) is 0 Å². The van der Waals surface area contributed by atoms with E-state index in [0.717, 1.165) is 12.8 Å². The number of amides is 2. The molecule has 0 radical (unpaired) electrons. The third-order valence-electron chi connectivity index (χ3n) is 3.43. The van der Waals surface area contributed by atoms with Crippen LogP contribution in [-0.2, 0) is 19.2 Å². The van der Waals surface area contributed by atoms with Crippen LogP contribution >= 0.6 is 0 Å². The van der Waals surface area contributed by atoms with Crippen molar-refractivity contribution in [2.24, 2.45) is 11.5 Å². The second-order valence-electron chi connectivity index (χ2n) is 5.58. The zero-order valence-corrected chi connectivity index (χ0v) is 13.5. The smallest absolute Gasteiger partial charge is 0.234 e. The Kier molecular flexibility index (Phi) is 10.8. The Bertz CT molecular complexity index is 425. The van der Waals surface area contributed by atoms with E-state index in [1.807, 2.05) is 0 Å². The molecule has 0 aliphatic heterocycles. The summed E-state index contributed by atoms with van der Waals surface area (Å²) in [7, 11) is 0. The van der Waals surface area contributed by atoms with Crippen LogP contribution in [0.4, 0.5) is 0 Å². The molecule has 8 heteroatoms. The minimum Gasteiger partial charge on any atom is -0.394 e. The number of Topliss-reactive ketones (excluding diaryl/α,β-unsaturated/α-hetero) is 2. The third-order valence-corrected chi connectivity index (χ3v) is 3.43. The molecule has 132 valence electrons. The summed E-state index contributed by atoms with van der Waals surface area (Å²) in [5, 5.41) is 11.4. The third kappa shape index (κ3) is 10.5. The van der Waals surface area contributed by atoms with Crippen LogP contribution in [0, 0.1) is 0 Å². The van der Waals surface area contributed by atoms with Gasteiger partial charge in [-0.1, -0.05) is 12.8 Å². The summed E-state index contributed by atoms with van der Waals surface area (Å²) in [6.07, 6.45) is 3.42. The highest BCUT2D eigenvalue weighted by atomic mass is 16.3. The van der Waals surface area contributed by atoms with E-state index in [1.165, 1.54) is 6.92 Å². The van der Waals surface area contributed by atoms with Gasteiger partial charge in [-0.05, 0) is 19.8 Å². The van der Waals surface area contributed by atoms with Crippen LogP contribution in [0.3, 0.4) is 0 Å². The molecule has 0 aromatic heterocycles. The number of carbonyl (C=O) groups excluding carboxylic acids is 4. The highest BCUT2D eigenvalue weighted by molar-refractivity contribution is 5.88. The summed E-state index contributed by atoms with van der Waals surface area (Å²) >= 11 is 0. The molecule has 0 aliphatic carbocycles. The number of nitrogens with one attached hydrogen (secondary N) is 1. The molecule has 0 fully saturated rings. The van der Waals surface area contributed by atoms with E-state index in [4.69, 9.17) is 16.6 Å². The van der Waals surface area contributed by atoms with Gasteiger partial charge in [-0.15, -0.1) is 0 Å². The maximum absolute atomic E-state index is 11.6. The highest BCUT2D eigenvalue weighted by Crippen LogP contribution is 2.07. The van der Waals surface area contributed by atoms with Gasteiger partial charge in [0.05, 0.1) is 12.6 Å². The van der Waals surface area contributed by atoms with E-state index in [2.05, 4.69) is 5.32 Å². The first-order valence-electron chi connectivity index (χ1n) is 7.75. The molecule has 0 saturated carbocycles. The molecule has 8 nitrogen and oxygen atoms in total. The van der Waals surface area contributed by atoms with Gasteiger partial charge in [-0.25, -0.2) is 0 Å². The number of primary amides is 1. The maximum atomic E-state index is 11.6. The summed E-state index contributed by atoms with van der Waals surface area (Å²) in [5.41, 5.74) is 10.4. The van der Waals surface area contributed by atoms with Gasteiger partial charge < -0.3 is 21.9 Å². The second kappa shape index (κ2) is 11.7. The molecule has 0 rings (SSSR count). The number of aliphatic hydroxyl groups excluding tert-OH is 1. The fourth-order valence-electron chi connectivity index (χ4n) is 1.95. The van der Waals surface area contributed by atoms with Gasteiger partial charge in [0.2, 0.25) is 11.8 Å². The summed E-state index contributed by atoms with van der Waals surface area (Å²) in [4.78, 5) is 44.9. The first kappa shape index (κ1) is 21.2. The van der Waals surface area contributed by atoms with Crippen LogP contribution in [0.25, 0.3) is 0 Å². The molecular weight excluding hydrogens is 302 g/mol. The van der Waals surface area contributed by atoms with Crippen LogP contribution in [0.2, 0.25) is 0 Å². The van der Waals surface area contributed by atoms with E-state index >= 15 is 0 Å². The predicted octanol–water partition coefficient (Wildman–Crippen LogP) is -0.835. The summed E-state index contributed by atoms with van der Waals surface area (Å²) in [6, 6.07) is -1.76. The van der Waals surface area contributed by atoms with Crippen molar-refractivity contribution in [1.82, 2.24) is 5.32 Å². The van der Waals surface area contributed by atoms with Crippen molar-refractivity contribution in [3.05, 3.63) is 0 Å². The minimum atomic E-state index is -0.924. The molecule has 0 aliphatic rings. The van der Waals surface area contributed by atoms with Gasteiger partial charge in [-0.2, -0.15) is 0 Å².